The molecule has 1 aromatic rings. The maximum Gasteiger partial charge on any atom is 0.0698 e. The van der Waals surface area contributed by atoms with Crippen LogP contribution in [0.3, 0.4) is 0 Å². The SMILES string of the molecule is C[C@H](NCCOCCO)c1ccncc1. The van der Waals surface area contributed by atoms with E-state index in [-0.39, 0.29) is 6.61 Å². The Morgan fingerprint density at radius 3 is 2.80 bits per heavy atom. The van der Waals surface area contributed by atoms with Gasteiger partial charge in [0.25, 0.3) is 0 Å². The Morgan fingerprint density at radius 2 is 2.13 bits per heavy atom. The van der Waals surface area contributed by atoms with Crippen molar-refractivity contribution in [3.05, 3.63) is 30.1 Å². The quantitative estimate of drug-likeness (QED) is 0.652. The Hall–Kier alpha value is -0.970. The van der Waals surface area contributed by atoms with Crippen LogP contribution in [0.5, 0.6) is 0 Å². The molecule has 1 heterocycles. The predicted octanol–water partition coefficient (Wildman–Crippen LogP) is 0.741. The Morgan fingerprint density at radius 1 is 1.40 bits per heavy atom. The molecule has 0 radical (unpaired) electrons. The van der Waals surface area contributed by atoms with Crippen LogP contribution in [0.4, 0.5) is 0 Å². The monoisotopic (exact) mass is 210 g/mol. The molecule has 1 atom stereocenters. The number of aromatic nitrogens is 1. The third kappa shape index (κ3) is 4.88. The summed E-state index contributed by atoms with van der Waals surface area (Å²) in [5.74, 6) is 0. The summed E-state index contributed by atoms with van der Waals surface area (Å²) in [6.07, 6.45) is 3.57. The van der Waals surface area contributed by atoms with Crippen LogP contribution in [-0.4, -0.2) is 36.5 Å². The number of rotatable bonds is 7. The summed E-state index contributed by atoms with van der Waals surface area (Å²) in [5.41, 5.74) is 1.21. The van der Waals surface area contributed by atoms with Gasteiger partial charge < -0.3 is 15.2 Å². The zero-order chi connectivity index (χ0) is 10.9. The highest BCUT2D eigenvalue weighted by Crippen LogP contribution is 2.09. The van der Waals surface area contributed by atoms with Crippen LogP contribution in [0.1, 0.15) is 18.5 Å². The molecule has 4 heteroatoms. The number of hydrogen-bond donors (Lipinski definition) is 2. The van der Waals surface area contributed by atoms with Gasteiger partial charge in [-0.1, -0.05) is 0 Å². The molecule has 0 saturated heterocycles. The molecule has 15 heavy (non-hydrogen) atoms. The summed E-state index contributed by atoms with van der Waals surface area (Å²) in [4.78, 5) is 3.97. The molecule has 0 unspecified atom stereocenters. The average Bonchev–Trinajstić information content (AvgIpc) is 2.30. The van der Waals surface area contributed by atoms with Crippen molar-refractivity contribution in [2.24, 2.45) is 0 Å². The minimum absolute atomic E-state index is 0.0832. The van der Waals surface area contributed by atoms with Gasteiger partial charge >= 0.3 is 0 Å². The first kappa shape index (κ1) is 12.1. The molecule has 4 nitrogen and oxygen atoms in total. The second-order valence-corrected chi connectivity index (χ2v) is 3.29. The minimum atomic E-state index is 0.0832. The van der Waals surface area contributed by atoms with E-state index >= 15 is 0 Å². The van der Waals surface area contributed by atoms with Crippen molar-refractivity contribution in [2.45, 2.75) is 13.0 Å². The smallest absolute Gasteiger partial charge is 0.0698 e. The number of pyridine rings is 1. The van der Waals surface area contributed by atoms with Crippen LogP contribution < -0.4 is 5.32 Å². The molecule has 1 rings (SSSR count). The number of nitrogens with zero attached hydrogens (tertiary/aromatic N) is 1. The van der Waals surface area contributed by atoms with E-state index in [9.17, 15) is 0 Å². The van der Waals surface area contributed by atoms with Crippen LogP contribution >= 0.6 is 0 Å². The Bertz CT molecular complexity index is 254. The third-order valence-corrected chi connectivity index (χ3v) is 2.14. The second kappa shape index (κ2) is 7.34. The van der Waals surface area contributed by atoms with Gasteiger partial charge in [0.15, 0.2) is 0 Å². The Labute approximate surface area is 90.3 Å². The Kier molecular flexibility index (Phi) is 5.92. The molecule has 0 spiro atoms. The van der Waals surface area contributed by atoms with Crippen molar-refractivity contribution < 1.29 is 9.84 Å². The van der Waals surface area contributed by atoms with Crippen molar-refractivity contribution >= 4 is 0 Å². The standard InChI is InChI=1S/C11H18N2O2/c1-10(11-2-4-12-5-3-11)13-6-8-15-9-7-14/h2-5,10,13-14H,6-9H2,1H3/t10-/m0/s1. The molecule has 0 aliphatic carbocycles. The first-order chi connectivity index (χ1) is 7.34. The molecule has 1 aromatic heterocycles. The van der Waals surface area contributed by atoms with E-state index < -0.39 is 0 Å². The van der Waals surface area contributed by atoms with E-state index in [1.54, 1.807) is 12.4 Å². The third-order valence-electron chi connectivity index (χ3n) is 2.14. The molecule has 0 aliphatic rings. The maximum atomic E-state index is 8.50. The lowest BCUT2D eigenvalue weighted by Crippen LogP contribution is -2.23. The number of aliphatic hydroxyl groups excluding tert-OH is 1. The van der Waals surface area contributed by atoms with Crippen LogP contribution in [-0.2, 0) is 4.74 Å². The maximum absolute atomic E-state index is 8.50. The van der Waals surface area contributed by atoms with Crippen molar-refractivity contribution in [2.75, 3.05) is 26.4 Å². The van der Waals surface area contributed by atoms with Crippen molar-refractivity contribution in [3.63, 3.8) is 0 Å². The van der Waals surface area contributed by atoms with Gasteiger partial charge in [-0.3, -0.25) is 4.98 Å². The van der Waals surface area contributed by atoms with Crippen LogP contribution in [0, 0.1) is 0 Å². The summed E-state index contributed by atoms with van der Waals surface area (Å²) < 4.78 is 5.14. The number of nitrogens with one attached hydrogen (secondary N) is 1. The van der Waals surface area contributed by atoms with Crippen molar-refractivity contribution in [3.8, 4) is 0 Å². The van der Waals surface area contributed by atoms with E-state index in [1.165, 1.54) is 5.56 Å². The lowest BCUT2D eigenvalue weighted by atomic mass is 10.1. The topological polar surface area (TPSA) is 54.4 Å². The van der Waals surface area contributed by atoms with Gasteiger partial charge in [0, 0.05) is 25.0 Å². The summed E-state index contributed by atoms with van der Waals surface area (Å²) in [6, 6.07) is 4.28. The molecule has 0 fully saturated rings. The summed E-state index contributed by atoms with van der Waals surface area (Å²) in [5, 5.41) is 11.8. The zero-order valence-corrected chi connectivity index (χ0v) is 9.02. The molecule has 0 amide bonds. The molecule has 84 valence electrons. The fraction of sp³-hybridized carbons (Fsp3) is 0.545. The Balaban J connectivity index is 2.16. The highest BCUT2D eigenvalue weighted by Gasteiger charge is 2.02. The van der Waals surface area contributed by atoms with Gasteiger partial charge in [-0.2, -0.15) is 0 Å². The average molecular weight is 210 g/mol. The normalized spacial score (nSPS) is 12.7. The van der Waals surface area contributed by atoms with Crippen molar-refractivity contribution in [1.82, 2.24) is 10.3 Å². The molecule has 0 saturated carbocycles. The van der Waals surface area contributed by atoms with Gasteiger partial charge in [-0.25, -0.2) is 0 Å². The first-order valence-corrected chi connectivity index (χ1v) is 5.16. The predicted molar refractivity (Wildman–Crippen MR) is 58.6 cm³/mol. The molecule has 2 N–H and O–H groups in total. The number of hydrogen-bond acceptors (Lipinski definition) is 4. The van der Waals surface area contributed by atoms with Crippen LogP contribution in [0.15, 0.2) is 24.5 Å². The summed E-state index contributed by atoms with van der Waals surface area (Å²) in [7, 11) is 0. The van der Waals surface area contributed by atoms with Gasteiger partial charge in [0.05, 0.1) is 19.8 Å². The van der Waals surface area contributed by atoms with Crippen LogP contribution in [0.2, 0.25) is 0 Å². The molecular weight excluding hydrogens is 192 g/mol. The lowest BCUT2D eigenvalue weighted by molar-refractivity contribution is 0.0928. The van der Waals surface area contributed by atoms with E-state index in [1.807, 2.05) is 12.1 Å². The summed E-state index contributed by atoms with van der Waals surface area (Å²) >= 11 is 0. The minimum Gasteiger partial charge on any atom is -0.394 e. The fourth-order valence-electron chi connectivity index (χ4n) is 1.28. The number of ether oxygens (including phenoxy) is 1. The molecule has 0 bridgehead atoms. The van der Waals surface area contributed by atoms with E-state index in [2.05, 4.69) is 17.2 Å². The van der Waals surface area contributed by atoms with Gasteiger partial charge in [-0.05, 0) is 24.6 Å². The lowest BCUT2D eigenvalue weighted by Gasteiger charge is -2.13. The zero-order valence-electron chi connectivity index (χ0n) is 9.02. The van der Waals surface area contributed by atoms with Crippen LogP contribution in [0.25, 0.3) is 0 Å². The fourth-order valence-corrected chi connectivity index (χ4v) is 1.28. The highest BCUT2D eigenvalue weighted by atomic mass is 16.5. The first-order valence-electron chi connectivity index (χ1n) is 5.16. The van der Waals surface area contributed by atoms with Gasteiger partial charge in [0.1, 0.15) is 0 Å². The molecule has 0 aromatic carbocycles. The molecular formula is C11H18N2O2. The summed E-state index contributed by atoms with van der Waals surface area (Å²) in [6.45, 7) is 3.99. The highest BCUT2D eigenvalue weighted by molar-refractivity contribution is 5.13. The number of aliphatic hydroxyl groups is 1. The largest absolute Gasteiger partial charge is 0.394 e. The van der Waals surface area contributed by atoms with Crippen molar-refractivity contribution in [1.29, 1.82) is 0 Å². The van der Waals surface area contributed by atoms with E-state index in [4.69, 9.17) is 9.84 Å². The second-order valence-electron chi connectivity index (χ2n) is 3.29. The van der Waals surface area contributed by atoms with E-state index in [0.29, 0.717) is 19.3 Å². The molecule has 0 aliphatic heterocycles. The van der Waals surface area contributed by atoms with Gasteiger partial charge in [-0.15, -0.1) is 0 Å². The van der Waals surface area contributed by atoms with Gasteiger partial charge in [0.2, 0.25) is 0 Å². The van der Waals surface area contributed by atoms with E-state index in [0.717, 1.165) is 6.54 Å².